The smallest absolute Gasteiger partial charge is 0.268 e. The number of amides is 1. The summed E-state index contributed by atoms with van der Waals surface area (Å²) in [5, 5.41) is 5.59. The predicted octanol–water partition coefficient (Wildman–Crippen LogP) is 2.25. The van der Waals surface area contributed by atoms with Gasteiger partial charge in [0.2, 0.25) is 0 Å². The normalized spacial score (nSPS) is 9.65. The van der Waals surface area contributed by atoms with Crippen molar-refractivity contribution in [3.05, 3.63) is 39.8 Å². The van der Waals surface area contributed by atoms with E-state index in [2.05, 4.69) is 20.0 Å². The van der Waals surface area contributed by atoms with E-state index in [4.69, 9.17) is 11.3 Å². The van der Waals surface area contributed by atoms with Gasteiger partial charge in [0.15, 0.2) is 0 Å². The summed E-state index contributed by atoms with van der Waals surface area (Å²) in [6.45, 7) is 0. The molecule has 0 aliphatic heterocycles. The van der Waals surface area contributed by atoms with Crippen molar-refractivity contribution in [1.82, 2.24) is 9.97 Å². The van der Waals surface area contributed by atoms with Crippen LogP contribution in [0.15, 0.2) is 28.8 Å². The third kappa shape index (κ3) is 2.39. The number of hydrogen-bond donors (Lipinski definition) is 1. The molecule has 0 fully saturated rings. The van der Waals surface area contributed by atoms with Gasteiger partial charge in [-0.05, 0) is 22.8 Å². The number of primary amides is 1. The molecule has 0 saturated carbocycles. The first-order chi connectivity index (χ1) is 8.20. The van der Waals surface area contributed by atoms with Gasteiger partial charge in [-0.15, -0.1) is 11.3 Å². The van der Waals surface area contributed by atoms with Crippen molar-refractivity contribution in [1.29, 1.82) is 0 Å². The summed E-state index contributed by atoms with van der Waals surface area (Å²) in [5.41, 5.74) is 14.3. The van der Waals surface area contributed by atoms with Crippen LogP contribution in [0.3, 0.4) is 0 Å². The highest BCUT2D eigenvalue weighted by Gasteiger charge is 2.08. The second-order valence-corrected chi connectivity index (χ2v) is 3.85. The third-order valence-corrected chi connectivity index (χ3v) is 2.79. The second-order valence-electron chi connectivity index (χ2n) is 2.99. The molecule has 0 aromatic carbocycles. The van der Waals surface area contributed by atoms with E-state index in [0.717, 1.165) is 5.56 Å². The molecule has 7 nitrogen and oxygen atoms in total. The lowest BCUT2D eigenvalue weighted by Gasteiger charge is -1.96. The summed E-state index contributed by atoms with van der Waals surface area (Å²) in [7, 11) is 0. The fourth-order valence-corrected chi connectivity index (χ4v) is 1.98. The molecule has 1 amide bonds. The van der Waals surface area contributed by atoms with Gasteiger partial charge < -0.3 is 5.73 Å². The van der Waals surface area contributed by atoms with Crippen LogP contribution in [0.25, 0.3) is 21.0 Å². The lowest BCUT2D eigenvalue weighted by atomic mass is 10.3. The Morgan fingerprint density at radius 3 is 3.06 bits per heavy atom. The van der Waals surface area contributed by atoms with Crippen LogP contribution in [0.1, 0.15) is 10.5 Å². The van der Waals surface area contributed by atoms with Crippen LogP contribution in [0.2, 0.25) is 0 Å². The lowest BCUT2D eigenvalue weighted by molar-refractivity contribution is 0.0996. The first kappa shape index (κ1) is 11.1. The van der Waals surface area contributed by atoms with Crippen molar-refractivity contribution in [3.8, 4) is 10.6 Å². The van der Waals surface area contributed by atoms with Gasteiger partial charge in [0.25, 0.3) is 5.91 Å². The highest BCUT2D eigenvalue weighted by Crippen LogP contribution is 2.25. The van der Waals surface area contributed by atoms with Crippen molar-refractivity contribution >= 4 is 23.1 Å². The Morgan fingerprint density at radius 1 is 1.59 bits per heavy atom. The first-order valence-electron chi connectivity index (χ1n) is 4.47. The Kier molecular flexibility index (Phi) is 2.99. The third-order valence-electron chi connectivity index (χ3n) is 1.90. The molecular formula is C9H6N6OS. The van der Waals surface area contributed by atoms with E-state index in [9.17, 15) is 4.79 Å². The van der Waals surface area contributed by atoms with E-state index in [0.29, 0.717) is 5.01 Å². The van der Waals surface area contributed by atoms with Crippen LogP contribution in [-0.2, 0) is 0 Å². The summed E-state index contributed by atoms with van der Waals surface area (Å²) < 4.78 is 0. The maximum atomic E-state index is 10.9. The van der Waals surface area contributed by atoms with E-state index < -0.39 is 5.91 Å². The number of azide groups is 1. The minimum atomic E-state index is -0.572. The molecule has 0 aliphatic carbocycles. The summed E-state index contributed by atoms with van der Waals surface area (Å²) in [6.07, 6.45) is 1.50. The highest BCUT2D eigenvalue weighted by atomic mass is 32.1. The number of carbonyl (C=O) groups is 1. The van der Waals surface area contributed by atoms with Gasteiger partial charge in [0, 0.05) is 22.1 Å². The molecule has 0 radical (unpaired) electrons. The van der Waals surface area contributed by atoms with Gasteiger partial charge in [0.05, 0.1) is 0 Å². The average molecular weight is 246 g/mol. The standard InChI is InChI=1S/C9H6N6OS/c10-8(16)6-4-17-9(13-6)5-1-2-12-7(3-5)14-15-11/h1-4H,(H2,10,16). The summed E-state index contributed by atoms with van der Waals surface area (Å²) in [5.74, 6) is -0.322. The molecule has 0 aliphatic rings. The summed E-state index contributed by atoms with van der Waals surface area (Å²) >= 11 is 1.28. The SMILES string of the molecule is [N-]=[N+]=Nc1cc(-c2nc(C(N)=O)cs2)ccn1. The van der Waals surface area contributed by atoms with Gasteiger partial charge >= 0.3 is 0 Å². The zero-order valence-electron chi connectivity index (χ0n) is 8.44. The van der Waals surface area contributed by atoms with Crippen molar-refractivity contribution in [3.63, 3.8) is 0 Å². The highest BCUT2D eigenvalue weighted by molar-refractivity contribution is 7.13. The van der Waals surface area contributed by atoms with Crippen molar-refractivity contribution in [2.45, 2.75) is 0 Å². The molecular weight excluding hydrogens is 240 g/mol. The molecule has 2 rings (SSSR count). The van der Waals surface area contributed by atoms with Gasteiger partial charge in [-0.25, -0.2) is 4.98 Å². The van der Waals surface area contributed by atoms with Crippen LogP contribution < -0.4 is 5.73 Å². The Hall–Kier alpha value is -2.44. The van der Waals surface area contributed by atoms with E-state index in [1.165, 1.54) is 17.5 Å². The van der Waals surface area contributed by atoms with E-state index in [1.807, 2.05) is 0 Å². The molecule has 0 spiro atoms. The Morgan fingerprint density at radius 2 is 2.41 bits per heavy atom. The zero-order chi connectivity index (χ0) is 12.3. The van der Waals surface area contributed by atoms with Crippen LogP contribution in [-0.4, -0.2) is 15.9 Å². The molecule has 2 aromatic rings. The number of rotatable bonds is 3. The summed E-state index contributed by atoms with van der Waals surface area (Å²) in [4.78, 5) is 21.5. The molecule has 2 aromatic heterocycles. The Balaban J connectivity index is 2.41. The number of thiazole rings is 1. The molecule has 8 heteroatoms. The average Bonchev–Trinajstić information content (AvgIpc) is 2.79. The molecule has 2 N–H and O–H groups in total. The zero-order valence-corrected chi connectivity index (χ0v) is 9.26. The van der Waals surface area contributed by atoms with Crippen LogP contribution in [0, 0.1) is 0 Å². The number of pyridine rings is 1. The number of carbonyl (C=O) groups excluding carboxylic acids is 1. The molecule has 17 heavy (non-hydrogen) atoms. The maximum Gasteiger partial charge on any atom is 0.268 e. The van der Waals surface area contributed by atoms with E-state index in [1.54, 1.807) is 17.5 Å². The maximum absolute atomic E-state index is 10.9. The molecule has 84 valence electrons. The van der Waals surface area contributed by atoms with E-state index >= 15 is 0 Å². The van der Waals surface area contributed by atoms with Crippen LogP contribution in [0.4, 0.5) is 5.82 Å². The largest absolute Gasteiger partial charge is 0.364 e. The Labute approximate surface area is 99.6 Å². The first-order valence-corrected chi connectivity index (χ1v) is 5.35. The predicted molar refractivity (Wildman–Crippen MR) is 62.7 cm³/mol. The monoisotopic (exact) mass is 246 g/mol. The molecule has 0 unspecified atom stereocenters. The molecule has 0 atom stereocenters. The van der Waals surface area contributed by atoms with Crippen molar-refractivity contribution < 1.29 is 4.79 Å². The Bertz CT molecular complexity index is 615. The van der Waals surface area contributed by atoms with Gasteiger partial charge in [-0.3, -0.25) is 9.78 Å². The molecule has 2 heterocycles. The van der Waals surface area contributed by atoms with Crippen molar-refractivity contribution in [2.75, 3.05) is 0 Å². The van der Waals surface area contributed by atoms with E-state index in [-0.39, 0.29) is 11.5 Å². The fraction of sp³-hybridized carbons (Fsp3) is 0. The minimum Gasteiger partial charge on any atom is -0.364 e. The second kappa shape index (κ2) is 4.60. The van der Waals surface area contributed by atoms with Crippen LogP contribution in [0.5, 0.6) is 0 Å². The lowest BCUT2D eigenvalue weighted by Crippen LogP contribution is -2.10. The van der Waals surface area contributed by atoms with Gasteiger partial charge in [0.1, 0.15) is 16.5 Å². The topological polar surface area (TPSA) is 118 Å². The number of nitrogens with two attached hydrogens (primary N) is 1. The number of nitrogens with zero attached hydrogens (tertiary/aromatic N) is 5. The molecule has 0 saturated heterocycles. The van der Waals surface area contributed by atoms with Gasteiger partial charge in [-0.1, -0.05) is 0 Å². The molecule has 0 bridgehead atoms. The summed E-state index contributed by atoms with van der Waals surface area (Å²) in [6, 6.07) is 3.29. The van der Waals surface area contributed by atoms with Crippen molar-refractivity contribution in [2.24, 2.45) is 10.8 Å². The minimum absolute atomic E-state index is 0.215. The fourth-order valence-electron chi connectivity index (χ4n) is 1.17. The van der Waals surface area contributed by atoms with Crippen LogP contribution >= 0.6 is 11.3 Å². The number of hydrogen-bond acceptors (Lipinski definition) is 5. The number of aromatic nitrogens is 2. The quantitative estimate of drug-likeness (QED) is 0.508. The van der Waals surface area contributed by atoms with Gasteiger partial charge in [-0.2, -0.15) is 0 Å².